The highest BCUT2D eigenvalue weighted by Crippen LogP contribution is 2.22. The third-order valence-electron chi connectivity index (χ3n) is 2.86. The van der Waals surface area contributed by atoms with Crippen molar-refractivity contribution in [3.05, 3.63) is 58.4 Å². The van der Waals surface area contributed by atoms with E-state index >= 15 is 0 Å². The number of carbonyl (C=O) groups is 2. The van der Waals surface area contributed by atoms with Crippen LogP contribution in [0, 0.1) is 6.92 Å². The van der Waals surface area contributed by atoms with Crippen LogP contribution in [-0.2, 0) is 0 Å². The van der Waals surface area contributed by atoms with Crippen LogP contribution in [0.5, 0.6) is 0 Å². The molecule has 0 unspecified atom stereocenters. The molecule has 0 spiro atoms. The Kier molecular flexibility index (Phi) is 4.15. The Morgan fingerprint density at radius 1 is 1.20 bits per heavy atom. The van der Waals surface area contributed by atoms with Crippen LogP contribution in [-0.4, -0.2) is 16.7 Å². The molecule has 2 rings (SSSR count). The molecule has 0 aliphatic heterocycles. The molecular formula is C15H13ClN2O2. The van der Waals surface area contributed by atoms with E-state index in [1.807, 2.05) is 0 Å². The number of anilines is 1. The average Bonchev–Trinajstić information content (AvgIpc) is 2.38. The van der Waals surface area contributed by atoms with Crippen molar-refractivity contribution in [3.63, 3.8) is 0 Å². The van der Waals surface area contributed by atoms with E-state index in [0.29, 0.717) is 27.5 Å². The lowest BCUT2D eigenvalue weighted by molar-refractivity contribution is 0.101. The Morgan fingerprint density at radius 3 is 2.55 bits per heavy atom. The van der Waals surface area contributed by atoms with Crippen LogP contribution in [0.25, 0.3) is 0 Å². The SMILES string of the molecule is CC(=O)c1ccc(NC(=O)c2cccnc2C)cc1Cl. The average molecular weight is 289 g/mol. The smallest absolute Gasteiger partial charge is 0.257 e. The molecule has 1 N–H and O–H groups in total. The van der Waals surface area contributed by atoms with Gasteiger partial charge in [0.15, 0.2) is 5.78 Å². The Bertz CT molecular complexity index is 683. The summed E-state index contributed by atoms with van der Waals surface area (Å²) in [6, 6.07) is 8.20. The molecule has 0 fully saturated rings. The summed E-state index contributed by atoms with van der Waals surface area (Å²) in [6.07, 6.45) is 1.63. The monoisotopic (exact) mass is 288 g/mol. The number of hydrogen-bond acceptors (Lipinski definition) is 3. The topological polar surface area (TPSA) is 59.1 Å². The zero-order chi connectivity index (χ0) is 14.7. The van der Waals surface area contributed by atoms with Gasteiger partial charge in [0.25, 0.3) is 5.91 Å². The number of amides is 1. The molecule has 0 radical (unpaired) electrons. The molecule has 0 bridgehead atoms. The Morgan fingerprint density at radius 2 is 1.95 bits per heavy atom. The number of hydrogen-bond donors (Lipinski definition) is 1. The number of pyridine rings is 1. The molecule has 0 atom stereocenters. The van der Waals surface area contributed by atoms with Crippen molar-refractivity contribution in [2.24, 2.45) is 0 Å². The second kappa shape index (κ2) is 5.84. The number of benzene rings is 1. The van der Waals surface area contributed by atoms with Crippen molar-refractivity contribution in [2.45, 2.75) is 13.8 Å². The largest absolute Gasteiger partial charge is 0.322 e. The number of Topliss-reactive ketones (excluding diaryl/α,β-unsaturated/α-hetero) is 1. The first kappa shape index (κ1) is 14.2. The number of aryl methyl sites for hydroxylation is 1. The summed E-state index contributed by atoms with van der Waals surface area (Å²) in [4.78, 5) is 27.5. The van der Waals surface area contributed by atoms with Crippen molar-refractivity contribution in [1.82, 2.24) is 4.98 Å². The molecule has 0 aliphatic rings. The van der Waals surface area contributed by atoms with Gasteiger partial charge in [-0.1, -0.05) is 11.6 Å². The Labute approximate surface area is 121 Å². The van der Waals surface area contributed by atoms with Crippen LogP contribution < -0.4 is 5.32 Å². The summed E-state index contributed by atoms with van der Waals surface area (Å²) in [6.45, 7) is 3.21. The zero-order valence-corrected chi connectivity index (χ0v) is 11.9. The lowest BCUT2D eigenvalue weighted by Gasteiger charge is -2.08. The first-order valence-corrected chi connectivity index (χ1v) is 6.40. The third kappa shape index (κ3) is 3.03. The van der Waals surface area contributed by atoms with Crippen LogP contribution in [0.1, 0.15) is 33.3 Å². The highest BCUT2D eigenvalue weighted by Gasteiger charge is 2.11. The van der Waals surface area contributed by atoms with E-state index < -0.39 is 0 Å². The number of carbonyl (C=O) groups excluding carboxylic acids is 2. The van der Waals surface area contributed by atoms with Crippen LogP contribution in [0.15, 0.2) is 36.5 Å². The normalized spacial score (nSPS) is 10.2. The fraction of sp³-hybridized carbons (Fsp3) is 0.133. The van der Waals surface area contributed by atoms with Crippen LogP contribution >= 0.6 is 11.6 Å². The molecule has 0 aliphatic carbocycles. The Hall–Kier alpha value is -2.20. The summed E-state index contributed by atoms with van der Waals surface area (Å²) in [5.41, 5.74) is 2.12. The van der Waals surface area contributed by atoms with E-state index in [-0.39, 0.29) is 11.7 Å². The van der Waals surface area contributed by atoms with E-state index in [2.05, 4.69) is 10.3 Å². The van der Waals surface area contributed by atoms with Gasteiger partial charge in [0.05, 0.1) is 10.6 Å². The minimum atomic E-state index is -0.262. The van der Waals surface area contributed by atoms with E-state index in [1.54, 1.807) is 43.5 Å². The van der Waals surface area contributed by atoms with Crippen molar-refractivity contribution < 1.29 is 9.59 Å². The van der Waals surface area contributed by atoms with Gasteiger partial charge in [0.1, 0.15) is 0 Å². The number of nitrogens with zero attached hydrogens (tertiary/aromatic N) is 1. The number of aromatic nitrogens is 1. The number of rotatable bonds is 3. The molecule has 4 nitrogen and oxygen atoms in total. The summed E-state index contributed by atoms with van der Waals surface area (Å²) in [5, 5.41) is 3.05. The van der Waals surface area contributed by atoms with Gasteiger partial charge in [0.2, 0.25) is 0 Å². The molecule has 0 saturated carbocycles. The van der Waals surface area contributed by atoms with Gasteiger partial charge in [-0.2, -0.15) is 0 Å². The van der Waals surface area contributed by atoms with E-state index in [1.165, 1.54) is 6.92 Å². The number of ketones is 1. The molecule has 1 heterocycles. The minimum Gasteiger partial charge on any atom is -0.322 e. The van der Waals surface area contributed by atoms with Crippen molar-refractivity contribution in [3.8, 4) is 0 Å². The Balaban J connectivity index is 2.23. The van der Waals surface area contributed by atoms with Gasteiger partial charge < -0.3 is 5.32 Å². The molecule has 1 aromatic carbocycles. The minimum absolute atomic E-state index is 0.115. The molecule has 1 amide bonds. The van der Waals surface area contributed by atoms with Gasteiger partial charge in [-0.3, -0.25) is 14.6 Å². The number of nitrogens with one attached hydrogen (secondary N) is 1. The number of halogens is 1. The maximum atomic E-state index is 12.1. The maximum absolute atomic E-state index is 12.1. The van der Waals surface area contributed by atoms with Gasteiger partial charge in [-0.15, -0.1) is 0 Å². The zero-order valence-electron chi connectivity index (χ0n) is 11.1. The first-order valence-electron chi connectivity index (χ1n) is 6.02. The van der Waals surface area contributed by atoms with Crippen LogP contribution in [0.2, 0.25) is 5.02 Å². The van der Waals surface area contributed by atoms with E-state index in [9.17, 15) is 9.59 Å². The fourth-order valence-electron chi connectivity index (χ4n) is 1.80. The molecule has 102 valence electrons. The summed E-state index contributed by atoms with van der Waals surface area (Å²) < 4.78 is 0. The lowest BCUT2D eigenvalue weighted by Crippen LogP contribution is -2.14. The van der Waals surface area contributed by atoms with Crippen molar-refractivity contribution >= 4 is 29.0 Å². The first-order chi connectivity index (χ1) is 9.49. The van der Waals surface area contributed by atoms with E-state index in [4.69, 9.17) is 11.6 Å². The van der Waals surface area contributed by atoms with Gasteiger partial charge in [-0.25, -0.2) is 0 Å². The van der Waals surface area contributed by atoms with Crippen LogP contribution in [0.3, 0.4) is 0 Å². The highest BCUT2D eigenvalue weighted by atomic mass is 35.5. The molecule has 20 heavy (non-hydrogen) atoms. The second-order valence-electron chi connectivity index (χ2n) is 4.34. The second-order valence-corrected chi connectivity index (χ2v) is 4.75. The quantitative estimate of drug-likeness (QED) is 0.879. The molecule has 0 saturated heterocycles. The van der Waals surface area contributed by atoms with Gasteiger partial charge in [-0.05, 0) is 44.2 Å². The van der Waals surface area contributed by atoms with Crippen LogP contribution in [0.4, 0.5) is 5.69 Å². The van der Waals surface area contributed by atoms with E-state index in [0.717, 1.165) is 0 Å². The molecule has 5 heteroatoms. The maximum Gasteiger partial charge on any atom is 0.257 e. The summed E-state index contributed by atoms with van der Waals surface area (Å²) in [5.74, 6) is -0.377. The third-order valence-corrected chi connectivity index (χ3v) is 3.17. The predicted octanol–water partition coefficient (Wildman–Crippen LogP) is 3.50. The van der Waals surface area contributed by atoms with Crippen molar-refractivity contribution in [2.75, 3.05) is 5.32 Å². The molecular weight excluding hydrogens is 276 g/mol. The van der Waals surface area contributed by atoms with Gasteiger partial charge in [0, 0.05) is 23.1 Å². The summed E-state index contributed by atoms with van der Waals surface area (Å²) in [7, 11) is 0. The van der Waals surface area contributed by atoms with Gasteiger partial charge >= 0.3 is 0 Å². The standard InChI is InChI=1S/C15H13ClN2O2/c1-9-12(4-3-7-17-9)15(20)18-11-5-6-13(10(2)19)14(16)8-11/h3-8H,1-2H3,(H,18,20). The molecule has 1 aromatic heterocycles. The predicted molar refractivity (Wildman–Crippen MR) is 78.4 cm³/mol. The van der Waals surface area contributed by atoms with Crippen molar-refractivity contribution in [1.29, 1.82) is 0 Å². The fourth-order valence-corrected chi connectivity index (χ4v) is 2.11. The summed E-state index contributed by atoms with van der Waals surface area (Å²) >= 11 is 6.00. The highest BCUT2D eigenvalue weighted by molar-refractivity contribution is 6.34. The molecule has 2 aromatic rings. The lowest BCUT2D eigenvalue weighted by atomic mass is 10.1.